The van der Waals surface area contributed by atoms with Crippen LogP contribution in [0.1, 0.15) is 58.1 Å². The van der Waals surface area contributed by atoms with Crippen molar-refractivity contribution < 1.29 is 4.79 Å². The van der Waals surface area contributed by atoms with Crippen molar-refractivity contribution in [3.63, 3.8) is 0 Å². The van der Waals surface area contributed by atoms with Crippen molar-refractivity contribution in [1.29, 1.82) is 0 Å². The van der Waals surface area contributed by atoms with Crippen molar-refractivity contribution in [2.45, 2.75) is 71.0 Å². The number of hydrogen-bond acceptors (Lipinski definition) is 4. The van der Waals surface area contributed by atoms with E-state index in [4.69, 9.17) is 4.98 Å². The number of nitrogens with zero attached hydrogens (tertiary/aromatic N) is 3. The third-order valence-corrected chi connectivity index (χ3v) is 5.47. The molecule has 0 spiro atoms. The Morgan fingerprint density at radius 2 is 2.24 bits per heavy atom. The van der Waals surface area contributed by atoms with Crippen LogP contribution in [-0.4, -0.2) is 34.4 Å². The van der Waals surface area contributed by atoms with E-state index < -0.39 is 0 Å². The van der Waals surface area contributed by atoms with E-state index in [-0.39, 0.29) is 5.91 Å². The molecular formula is C16H25N3OS. The third kappa shape index (κ3) is 3.46. The maximum Gasteiger partial charge on any atom is 0.225 e. The number of amides is 1. The van der Waals surface area contributed by atoms with Crippen LogP contribution in [0.4, 0.5) is 5.13 Å². The number of thiazole rings is 1. The third-order valence-electron chi connectivity index (χ3n) is 4.58. The van der Waals surface area contributed by atoms with Gasteiger partial charge in [-0.25, -0.2) is 4.98 Å². The predicted molar refractivity (Wildman–Crippen MR) is 86.6 cm³/mol. The summed E-state index contributed by atoms with van der Waals surface area (Å²) in [4.78, 5) is 21.0. The molecule has 1 aromatic rings. The number of likely N-dealkylation sites (tertiary alicyclic amines) is 1. The summed E-state index contributed by atoms with van der Waals surface area (Å²) in [6, 6.07) is 1.11. The molecule has 1 saturated heterocycles. The van der Waals surface area contributed by atoms with E-state index >= 15 is 0 Å². The number of carbonyl (C=O) groups excluding carboxylic acids is 1. The molecule has 2 heterocycles. The number of rotatable bonds is 5. The van der Waals surface area contributed by atoms with Gasteiger partial charge in [-0.15, -0.1) is 11.3 Å². The van der Waals surface area contributed by atoms with E-state index in [1.165, 1.54) is 32.2 Å². The molecule has 0 aromatic carbocycles. The van der Waals surface area contributed by atoms with Crippen LogP contribution in [0.25, 0.3) is 0 Å². The standard InChI is InChI=1S/C16H25N3OS/c1-3-14-6-4-5-9-18(14)10-13-11-21-16(17-13)19(12(2)20)15-7-8-15/h11,14-15H,3-10H2,1-2H3/t14-/m1/s1. The fourth-order valence-corrected chi connectivity index (χ4v) is 4.23. The Morgan fingerprint density at radius 1 is 1.43 bits per heavy atom. The second-order valence-corrected chi connectivity index (χ2v) is 7.11. The molecule has 21 heavy (non-hydrogen) atoms. The molecule has 1 amide bonds. The molecular weight excluding hydrogens is 282 g/mol. The molecule has 0 N–H and O–H groups in total. The monoisotopic (exact) mass is 307 g/mol. The lowest BCUT2D eigenvalue weighted by atomic mass is 10.00. The molecule has 1 saturated carbocycles. The molecule has 1 atom stereocenters. The zero-order valence-electron chi connectivity index (χ0n) is 13.0. The average molecular weight is 307 g/mol. The Hall–Kier alpha value is -0.940. The number of piperidine rings is 1. The van der Waals surface area contributed by atoms with Gasteiger partial charge in [0.1, 0.15) is 0 Å². The van der Waals surface area contributed by atoms with Gasteiger partial charge in [0, 0.05) is 30.9 Å². The zero-order chi connectivity index (χ0) is 14.8. The van der Waals surface area contributed by atoms with Crippen LogP contribution < -0.4 is 4.90 Å². The highest BCUT2D eigenvalue weighted by atomic mass is 32.1. The van der Waals surface area contributed by atoms with E-state index in [0.29, 0.717) is 12.1 Å². The highest BCUT2D eigenvalue weighted by molar-refractivity contribution is 7.14. The molecule has 0 unspecified atom stereocenters. The van der Waals surface area contributed by atoms with Crippen molar-refractivity contribution in [3.8, 4) is 0 Å². The summed E-state index contributed by atoms with van der Waals surface area (Å²) >= 11 is 1.62. The average Bonchev–Trinajstić information content (AvgIpc) is 3.19. The lowest BCUT2D eigenvalue weighted by Gasteiger charge is -2.34. The van der Waals surface area contributed by atoms with Gasteiger partial charge in [-0.1, -0.05) is 13.3 Å². The highest BCUT2D eigenvalue weighted by Gasteiger charge is 2.33. The van der Waals surface area contributed by atoms with Crippen LogP contribution in [0.3, 0.4) is 0 Å². The van der Waals surface area contributed by atoms with Crippen molar-refractivity contribution in [2.75, 3.05) is 11.4 Å². The first-order valence-corrected chi connectivity index (χ1v) is 9.05. The SMILES string of the molecule is CC[C@@H]1CCCCN1Cc1csc(N(C(C)=O)C2CC2)n1. The Morgan fingerprint density at radius 3 is 2.90 bits per heavy atom. The topological polar surface area (TPSA) is 36.4 Å². The number of carbonyl (C=O) groups is 1. The summed E-state index contributed by atoms with van der Waals surface area (Å²) in [6.45, 7) is 6.05. The fraction of sp³-hybridized carbons (Fsp3) is 0.750. The highest BCUT2D eigenvalue weighted by Crippen LogP contribution is 2.34. The van der Waals surface area contributed by atoms with Gasteiger partial charge in [0.2, 0.25) is 5.91 Å². The van der Waals surface area contributed by atoms with Crippen molar-refractivity contribution in [2.24, 2.45) is 0 Å². The lowest BCUT2D eigenvalue weighted by Crippen LogP contribution is -2.38. The quantitative estimate of drug-likeness (QED) is 0.836. The Balaban J connectivity index is 1.68. The molecule has 2 aliphatic rings. The first-order valence-electron chi connectivity index (χ1n) is 8.17. The second kappa shape index (κ2) is 6.44. The van der Waals surface area contributed by atoms with Gasteiger partial charge < -0.3 is 0 Å². The van der Waals surface area contributed by atoms with Crippen LogP contribution in [0, 0.1) is 0 Å². The molecule has 0 bridgehead atoms. The van der Waals surface area contributed by atoms with Crippen LogP contribution >= 0.6 is 11.3 Å². The van der Waals surface area contributed by atoms with Crippen molar-refractivity contribution in [1.82, 2.24) is 9.88 Å². The molecule has 0 radical (unpaired) electrons. The minimum Gasteiger partial charge on any atom is -0.295 e. The molecule has 2 fully saturated rings. The van der Waals surface area contributed by atoms with E-state index in [2.05, 4.69) is 17.2 Å². The van der Waals surface area contributed by atoms with Crippen molar-refractivity contribution in [3.05, 3.63) is 11.1 Å². The fourth-order valence-electron chi connectivity index (χ4n) is 3.30. The van der Waals surface area contributed by atoms with Gasteiger partial charge in [-0.2, -0.15) is 0 Å². The summed E-state index contributed by atoms with van der Waals surface area (Å²) in [5.74, 6) is 0.128. The molecule has 1 aliphatic carbocycles. The second-order valence-electron chi connectivity index (χ2n) is 6.27. The van der Waals surface area contributed by atoms with Crippen LogP contribution in [-0.2, 0) is 11.3 Å². The minimum atomic E-state index is 0.128. The summed E-state index contributed by atoms with van der Waals surface area (Å²) in [6.07, 6.45) is 7.44. The van der Waals surface area contributed by atoms with Crippen LogP contribution in [0.15, 0.2) is 5.38 Å². The number of hydrogen-bond donors (Lipinski definition) is 0. The molecule has 4 nitrogen and oxygen atoms in total. The van der Waals surface area contributed by atoms with Gasteiger partial charge in [0.15, 0.2) is 5.13 Å². The zero-order valence-corrected chi connectivity index (χ0v) is 13.9. The molecule has 1 aliphatic heterocycles. The summed E-state index contributed by atoms with van der Waals surface area (Å²) in [5, 5.41) is 3.03. The van der Waals surface area contributed by atoms with Crippen LogP contribution in [0.2, 0.25) is 0 Å². The lowest BCUT2D eigenvalue weighted by molar-refractivity contribution is -0.116. The summed E-state index contributed by atoms with van der Waals surface area (Å²) in [7, 11) is 0. The molecule has 5 heteroatoms. The maximum absolute atomic E-state index is 11.8. The Labute approximate surface area is 131 Å². The van der Waals surface area contributed by atoms with Crippen molar-refractivity contribution >= 4 is 22.4 Å². The van der Waals surface area contributed by atoms with Crippen LogP contribution in [0.5, 0.6) is 0 Å². The van der Waals surface area contributed by atoms with Gasteiger partial charge in [-0.05, 0) is 38.6 Å². The summed E-state index contributed by atoms with van der Waals surface area (Å²) in [5.41, 5.74) is 1.13. The summed E-state index contributed by atoms with van der Waals surface area (Å²) < 4.78 is 0. The molecule has 3 rings (SSSR count). The predicted octanol–water partition coefficient (Wildman–Crippen LogP) is 3.42. The maximum atomic E-state index is 11.8. The first-order chi connectivity index (χ1) is 10.2. The Bertz CT molecular complexity index is 497. The largest absolute Gasteiger partial charge is 0.295 e. The van der Waals surface area contributed by atoms with Gasteiger partial charge in [0.05, 0.1) is 5.69 Å². The van der Waals surface area contributed by atoms with E-state index in [0.717, 1.165) is 30.2 Å². The number of anilines is 1. The first kappa shape index (κ1) is 15.0. The van der Waals surface area contributed by atoms with Gasteiger partial charge in [0.25, 0.3) is 0 Å². The Kier molecular flexibility index (Phi) is 4.60. The molecule has 1 aromatic heterocycles. The van der Waals surface area contributed by atoms with E-state index in [1.807, 2.05) is 4.90 Å². The number of aromatic nitrogens is 1. The molecule has 116 valence electrons. The normalized spacial score (nSPS) is 23.2. The van der Waals surface area contributed by atoms with Gasteiger partial charge in [-0.3, -0.25) is 14.6 Å². The van der Waals surface area contributed by atoms with E-state index in [1.54, 1.807) is 18.3 Å². The minimum absolute atomic E-state index is 0.128. The van der Waals surface area contributed by atoms with E-state index in [9.17, 15) is 4.79 Å². The van der Waals surface area contributed by atoms with Gasteiger partial charge >= 0.3 is 0 Å². The smallest absolute Gasteiger partial charge is 0.225 e.